The van der Waals surface area contributed by atoms with E-state index >= 15 is 0 Å². The molecule has 2 rings (SSSR count). The minimum Gasteiger partial charge on any atom is -0.480 e. The Balaban J connectivity index is 2.33. The van der Waals surface area contributed by atoms with Gasteiger partial charge in [0.15, 0.2) is 0 Å². The van der Waals surface area contributed by atoms with Crippen LogP contribution in [0.25, 0.3) is 0 Å². The molecule has 0 spiro atoms. The smallest absolute Gasteiger partial charge is 0.326 e. The molecule has 0 saturated carbocycles. The van der Waals surface area contributed by atoms with Crippen molar-refractivity contribution in [1.29, 1.82) is 0 Å². The van der Waals surface area contributed by atoms with Crippen molar-refractivity contribution in [3.63, 3.8) is 0 Å². The lowest BCUT2D eigenvalue weighted by Crippen LogP contribution is -2.62. The molecule has 0 bridgehead atoms. The van der Waals surface area contributed by atoms with Crippen LogP contribution in [0.1, 0.15) is 50.7 Å². The number of thiol groups is 1. The molecule has 246 valence electrons. The van der Waals surface area contributed by atoms with Crippen LogP contribution in [-0.2, 0) is 36.9 Å². The molecule has 7 N–H and O–H groups in total. The van der Waals surface area contributed by atoms with Crippen LogP contribution in [0.4, 0.5) is 0 Å². The van der Waals surface area contributed by atoms with Gasteiger partial charge in [-0.05, 0) is 54.9 Å². The average Bonchev–Trinajstić information content (AvgIpc) is 3.00. The minimum atomic E-state index is -1.15. The highest BCUT2D eigenvalue weighted by atomic mass is 32.2. The quantitative estimate of drug-likeness (QED) is 0.104. The number of carboxylic acid groups (broad SMARTS) is 1. The number of nitrogens with two attached hydrogens (primary N) is 2. The van der Waals surface area contributed by atoms with E-state index in [1.807, 2.05) is 30.5 Å². The minimum absolute atomic E-state index is 0.0157. The molecule has 0 saturated heterocycles. The Kier molecular flexibility index (Phi) is 15.5. The third-order valence-electron chi connectivity index (χ3n) is 7.81. The van der Waals surface area contributed by atoms with Gasteiger partial charge in [-0.3, -0.25) is 19.2 Å². The SMILES string of the molecule is CSCC[C@H](NC(=O)[C@@H]1Cc2ccccc2CN1C(=O)[C@H](C(C)C)N(C)C(=O)[C@H](CS)NC(=O)[C@@H](N)CCCCN)C(=O)O. The summed E-state index contributed by atoms with van der Waals surface area (Å²) in [5.41, 5.74) is 13.3. The Hall–Kier alpha value is -2.81. The maximum Gasteiger partial charge on any atom is 0.326 e. The first-order valence-corrected chi connectivity index (χ1v) is 16.9. The fourth-order valence-corrected chi connectivity index (χ4v) is 6.02. The second-order valence-electron chi connectivity index (χ2n) is 11.4. The number of hydrogen-bond acceptors (Lipinski definition) is 9. The summed E-state index contributed by atoms with van der Waals surface area (Å²) in [6.07, 6.45) is 4.10. The molecule has 1 heterocycles. The lowest BCUT2D eigenvalue weighted by Gasteiger charge is -2.41. The van der Waals surface area contributed by atoms with Gasteiger partial charge in [-0.2, -0.15) is 24.4 Å². The van der Waals surface area contributed by atoms with Gasteiger partial charge in [-0.15, -0.1) is 0 Å². The summed E-state index contributed by atoms with van der Waals surface area (Å²) in [6.45, 7) is 4.20. The van der Waals surface area contributed by atoms with Gasteiger partial charge in [0.2, 0.25) is 23.6 Å². The van der Waals surface area contributed by atoms with E-state index in [0.717, 1.165) is 17.5 Å². The Morgan fingerprint density at radius 1 is 1.09 bits per heavy atom. The zero-order chi connectivity index (χ0) is 33.0. The van der Waals surface area contributed by atoms with Gasteiger partial charge in [-0.1, -0.05) is 44.5 Å². The zero-order valence-corrected chi connectivity index (χ0v) is 27.7. The summed E-state index contributed by atoms with van der Waals surface area (Å²) in [5, 5.41) is 15.0. The number of carbonyl (C=O) groups excluding carboxylic acids is 4. The van der Waals surface area contributed by atoms with Crippen molar-refractivity contribution >= 4 is 54.0 Å². The van der Waals surface area contributed by atoms with Crippen molar-refractivity contribution < 1.29 is 29.1 Å². The first-order chi connectivity index (χ1) is 20.9. The van der Waals surface area contributed by atoms with Crippen LogP contribution in [0.15, 0.2) is 24.3 Å². The van der Waals surface area contributed by atoms with E-state index in [0.29, 0.717) is 25.1 Å². The maximum absolute atomic E-state index is 14.3. The third kappa shape index (κ3) is 10.1. The van der Waals surface area contributed by atoms with Gasteiger partial charge in [-0.25, -0.2) is 4.79 Å². The number of amides is 4. The van der Waals surface area contributed by atoms with Crippen LogP contribution >= 0.6 is 24.4 Å². The molecule has 4 amide bonds. The zero-order valence-electron chi connectivity index (χ0n) is 26.0. The number of thioether (sulfide) groups is 1. The highest BCUT2D eigenvalue weighted by Crippen LogP contribution is 2.27. The predicted molar refractivity (Wildman–Crippen MR) is 175 cm³/mol. The number of nitrogens with zero attached hydrogens (tertiary/aromatic N) is 2. The van der Waals surface area contributed by atoms with Crippen molar-refractivity contribution in [3.8, 4) is 0 Å². The van der Waals surface area contributed by atoms with E-state index in [4.69, 9.17) is 11.5 Å². The van der Waals surface area contributed by atoms with Gasteiger partial charge >= 0.3 is 5.97 Å². The summed E-state index contributed by atoms with van der Waals surface area (Å²) >= 11 is 5.75. The molecule has 0 fully saturated rings. The molecule has 1 aliphatic rings. The summed E-state index contributed by atoms with van der Waals surface area (Å²) in [4.78, 5) is 68.9. The van der Waals surface area contributed by atoms with E-state index in [1.165, 1.54) is 28.6 Å². The van der Waals surface area contributed by atoms with E-state index in [-0.39, 0.29) is 31.1 Å². The molecule has 0 radical (unpaired) electrons. The third-order valence-corrected chi connectivity index (χ3v) is 8.82. The first kappa shape index (κ1) is 37.4. The molecule has 1 aromatic rings. The molecule has 5 atom stereocenters. The summed E-state index contributed by atoms with van der Waals surface area (Å²) in [7, 11) is 1.49. The number of likely N-dealkylation sites (N-methyl/N-ethyl adjacent to an activating group) is 1. The van der Waals surface area contributed by atoms with Crippen molar-refractivity contribution in [1.82, 2.24) is 20.4 Å². The Labute approximate surface area is 269 Å². The summed E-state index contributed by atoms with van der Waals surface area (Å²) < 4.78 is 0. The second-order valence-corrected chi connectivity index (χ2v) is 12.8. The largest absolute Gasteiger partial charge is 0.480 e. The number of fused-ring (bicyclic) bond motifs is 1. The molecule has 0 aromatic heterocycles. The number of unbranched alkanes of at least 4 members (excludes halogenated alkanes) is 1. The average molecular weight is 653 g/mol. The molecule has 44 heavy (non-hydrogen) atoms. The van der Waals surface area contributed by atoms with Crippen LogP contribution < -0.4 is 22.1 Å². The Morgan fingerprint density at radius 3 is 2.32 bits per heavy atom. The molecule has 1 aromatic carbocycles. The van der Waals surface area contributed by atoms with Gasteiger partial charge in [0.05, 0.1) is 6.04 Å². The molecule has 1 aliphatic heterocycles. The highest BCUT2D eigenvalue weighted by Gasteiger charge is 2.42. The van der Waals surface area contributed by atoms with Crippen LogP contribution in [0, 0.1) is 5.92 Å². The van der Waals surface area contributed by atoms with E-state index < -0.39 is 59.8 Å². The van der Waals surface area contributed by atoms with E-state index in [2.05, 4.69) is 23.3 Å². The Bertz CT molecular complexity index is 1150. The van der Waals surface area contributed by atoms with Crippen molar-refractivity contribution in [2.24, 2.45) is 17.4 Å². The predicted octanol–water partition coefficient (Wildman–Crippen LogP) is 0.616. The molecule has 12 nitrogen and oxygen atoms in total. The van der Waals surface area contributed by atoms with Crippen LogP contribution in [-0.4, -0.2) is 106 Å². The molecular formula is C30H48N6O6S2. The van der Waals surface area contributed by atoms with E-state index in [1.54, 1.807) is 13.8 Å². The van der Waals surface area contributed by atoms with Crippen molar-refractivity contribution in [2.75, 3.05) is 31.4 Å². The molecule has 14 heteroatoms. The van der Waals surface area contributed by atoms with Crippen LogP contribution in [0.3, 0.4) is 0 Å². The molecule has 0 aliphatic carbocycles. The van der Waals surface area contributed by atoms with Crippen LogP contribution in [0.2, 0.25) is 0 Å². The maximum atomic E-state index is 14.3. The van der Waals surface area contributed by atoms with Crippen molar-refractivity contribution in [2.45, 2.75) is 82.7 Å². The normalized spacial score (nSPS) is 17.2. The number of hydrogen-bond donors (Lipinski definition) is 6. The lowest BCUT2D eigenvalue weighted by molar-refractivity contribution is -0.153. The van der Waals surface area contributed by atoms with Crippen LogP contribution in [0.5, 0.6) is 0 Å². The fourth-order valence-electron chi connectivity index (χ4n) is 5.30. The lowest BCUT2D eigenvalue weighted by atomic mass is 9.91. The fraction of sp³-hybridized carbons (Fsp3) is 0.633. The van der Waals surface area contributed by atoms with E-state index in [9.17, 15) is 29.1 Å². The van der Waals surface area contributed by atoms with Gasteiger partial charge in [0.1, 0.15) is 24.2 Å². The first-order valence-electron chi connectivity index (χ1n) is 14.9. The van der Waals surface area contributed by atoms with Gasteiger partial charge in [0, 0.05) is 25.8 Å². The number of carbonyl (C=O) groups is 5. The standard InChI is InChI=1S/C30H48N6O6S2/c1-18(2)25(35(3)28(39)23(17-43)34-26(37)21(32)11-7-8-13-31)29(40)36-16-20-10-6-5-9-19(20)15-24(36)27(38)33-22(30(41)42)12-14-44-4/h5-6,9-10,18,21-25,43H,7-8,11-17,31-32H2,1-4H3,(H,33,38)(H,34,37)(H,41,42)/t21-,22-,23-,24-,25-/m0/s1. The van der Waals surface area contributed by atoms with Crippen molar-refractivity contribution in [3.05, 3.63) is 35.4 Å². The molecule has 0 unspecified atom stereocenters. The topological polar surface area (TPSA) is 188 Å². The highest BCUT2D eigenvalue weighted by molar-refractivity contribution is 7.98. The Morgan fingerprint density at radius 2 is 1.75 bits per heavy atom. The number of benzene rings is 1. The van der Waals surface area contributed by atoms with Gasteiger partial charge < -0.3 is 37.0 Å². The number of aliphatic carboxylic acids is 1. The number of carboxylic acids is 1. The molecular weight excluding hydrogens is 605 g/mol. The number of nitrogens with one attached hydrogen (secondary N) is 2. The summed E-state index contributed by atoms with van der Waals surface area (Å²) in [6, 6.07) is 2.56. The van der Waals surface area contributed by atoms with Gasteiger partial charge in [0.25, 0.3) is 0 Å². The second kappa shape index (κ2) is 18.2. The summed E-state index contributed by atoms with van der Waals surface area (Å²) in [5.74, 6) is -3.02. The number of rotatable bonds is 17. The monoisotopic (exact) mass is 652 g/mol.